The van der Waals surface area contributed by atoms with Crippen LogP contribution in [0.3, 0.4) is 0 Å². The zero-order valence-corrected chi connectivity index (χ0v) is 27.1. The second-order valence-corrected chi connectivity index (χ2v) is 12.0. The molecule has 0 aromatic heterocycles. The van der Waals surface area contributed by atoms with Crippen molar-refractivity contribution in [2.24, 2.45) is 10.1 Å². The minimum absolute atomic E-state index is 0.00154. The Labute approximate surface area is 283 Å². The van der Waals surface area contributed by atoms with Crippen molar-refractivity contribution in [1.29, 1.82) is 0 Å². The van der Waals surface area contributed by atoms with Crippen molar-refractivity contribution in [3.63, 3.8) is 0 Å². The molecule has 2 N–H and O–H groups in total. The van der Waals surface area contributed by atoms with E-state index < -0.39 is 29.3 Å². The highest BCUT2D eigenvalue weighted by molar-refractivity contribution is 9.10. The molecule has 1 heterocycles. The number of amides is 1. The summed E-state index contributed by atoms with van der Waals surface area (Å²) in [4.78, 5) is 22.4. The molecular formula is C35H31BrF3N5O4. The molecule has 0 saturated carbocycles. The molecule has 0 fully saturated rings. The molecule has 1 aliphatic rings. The maximum absolute atomic E-state index is 14.5. The molecule has 2 atom stereocenters. The second kappa shape index (κ2) is 15.4. The van der Waals surface area contributed by atoms with Gasteiger partial charge in [0.2, 0.25) is 5.90 Å². The number of hydrogen-bond donors (Lipinski definition) is 2. The quantitative estimate of drug-likeness (QED) is 0.0630. The van der Waals surface area contributed by atoms with Crippen molar-refractivity contribution in [2.75, 3.05) is 13.2 Å². The van der Waals surface area contributed by atoms with E-state index in [1.165, 1.54) is 12.1 Å². The Kier molecular flexibility index (Phi) is 11.0. The molecule has 4 aromatic rings. The van der Waals surface area contributed by atoms with Crippen LogP contribution in [0.1, 0.15) is 45.9 Å². The average Bonchev–Trinajstić information content (AvgIpc) is 3.47. The summed E-state index contributed by atoms with van der Waals surface area (Å²) in [5, 5.41) is 15.6. The number of aliphatic imine (C=N–C) groups is 1. The highest BCUT2D eigenvalue weighted by atomic mass is 79.9. The predicted molar refractivity (Wildman–Crippen MR) is 177 cm³/mol. The highest BCUT2D eigenvalue weighted by Gasteiger charge is 2.53. The Morgan fingerprint density at radius 1 is 1.04 bits per heavy atom. The van der Waals surface area contributed by atoms with Gasteiger partial charge in [-0.05, 0) is 76.3 Å². The molecule has 48 heavy (non-hydrogen) atoms. The van der Waals surface area contributed by atoms with Crippen molar-refractivity contribution in [2.45, 2.75) is 43.8 Å². The number of ether oxygens (including phenoxy) is 2. The number of hydrogen-bond acceptors (Lipinski definition) is 6. The van der Waals surface area contributed by atoms with Crippen LogP contribution in [0.15, 0.2) is 112 Å². The van der Waals surface area contributed by atoms with Gasteiger partial charge in [0.25, 0.3) is 5.91 Å². The van der Waals surface area contributed by atoms with E-state index in [9.17, 15) is 18.0 Å². The summed E-state index contributed by atoms with van der Waals surface area (Å²) in [6.07, 6.45) is -5.01. The van der Waals surface area contributed by atoms with Gasteiger partial charge in [0.1, 0.15) is 5.75 Å². The van der Waals surface area contributed by atoms with Gasteiger partial charge in [0, 0.05) is 40.9 Å². The zero-order chi connectivity index (χ0) is 34.1. The number of aliphatic hydroxyl groups excluding tert-OH is 1. The van der Waals surface area contributed by atoms with Gasteiger partial charge in [-0.25, -0.2) is 4.99 Å². The maximum atomic E-state index is 14.5. The molecule has 5 rings (SSSR count). The first-order valence-corrected chi connectivity index (χ1v) is 15.8. The predicted octanol–water partition coefficient (Wildman–Crippen LogP) is 7.86. The normalized spacial score (nSPS) is 17.2. The Balaban J connectivity index is 1.59. The SMILES string of the molecule is [N-]=[N+]=NCc1ccccc1[C@H]1OC(c2ccc(OCCCO)cc2)=N[C@@]1(Cc1ccc(Br)cc1)C(=O)NCc1cccc(C(F)(F)F)c1. The molecule has 0 unspecified atom stereocenters. The van der Waals surface area contributed by atoms with E-state index in [0.29, 0.717) is 35.5 Å². The number of benzene rings is 4. The van der Waals surface area contributed by atoms with E-state index in [4.69, 9.17) is 25.1 Å². The minimum Gasteiger partial charge on any atom is -0.494 e. The number of carbonyl (C=O) groups is 1. The second-order valence-electron chi connectivity index (χ2n) is 11.1. The summed E-state index contributed by atoms with van der Waals surface area (Å²) >= 11 is 3.44. The van der Waals surface area contributed by atoms with Gasteiger partial charge in [-0.15, -0.1) is 0 Å². The third kappa shape index (κ3) is 8.17. The summed E-state index contributed by atoms with van der Waals surface area (Å²) in [7, 11) is 0. The summed E-state index contributed by atoms with van der Waals surface area (Å²) in [5.74, 6) is 0.180. The third-order valence-corrected chi connectivity index (χ3v) is 8.29. The molecule has 0 saturated heterocycles. The van der Waals surface area contributed by atoms with Gasteiger partial charge in [0.05, 0.1) is 18.7 Å². The monoisotopic (exact) mass is 721 g/mol. The zero-order valence-electron chi connectivity index (χ0n) is 25.5. The van der Waals surface area contributed by atoms with Crippen LogP contribution in [-0.2, 0) is 35.2 Å². The van der Waals surface area contributed by atoms with E-state index in [0.717, 1.165) is 22.2 Å². The van der Waals surface area contributed by atoms with Gasteiger partial charge < -0.3 is 19.9 Å². The standard InChI is InChI=1S/C35H31BrF3N5O4/c36-28-13-9-23(10-14-28)20-34(33(46)41-21-24-5-3-7-27(19-24)35(37,38)39)31(30-8-2-1-6-26(30)22-42-44-40)48-32(43-34)25-11-15-29(16-12-25)47-18-4-17-45/h1-3,5-16,19,31,45H,4,17-18,20-22H2,(H,41,46)/t31-,34-/m1/s1. The summed E-state index contributed by atoms with van der Waals surface area (Å²) < 4.78 is 53.4. The molecule has 1 aliphatic heterocycles. The van der Waals surface area contributed by atoms with Crippen molar-refractivity contribution in [3.05, 3.63) is 145 Å². The van der Waals surface area contributed by atoms with Gasteiger partial charge in [-0.2, -0.15) is 13.2 Å². The molecule has 13 heteroatoms. The van der Waals surface area contributed by atoms with Crippen LogP contribution in [0.4, 0.5) is 13.2 Å². The molecule has 0 bridgehead atoms. The third-order valence-electron chi connectivity index (χ3n) is 7.77. The molecule has 4 aromatic carbocycles. The summed E-state index contributed by atoms with van der Waals surface area (Å²) in [5.41, 5.74) is 9.38. The minimum atomic E-state index is -4.54. The lowest BCUT2D eigenvalue weighted by Gasteiger charge is -2.32. The molecular weight excluding hydrogens is 691 g/mol. The lowest BCUT2D eigenvalue weighted by atomic mass is 9.80. The highest BCUT2D eigenvalue weighted by Crippen LogP contribution is 2.44. The largest absolute Gasteiger partial charge is 0.494 e. The fourth-order valence-corrected chi connectivity index (χ4v) is 5.67. The van der Waals surface area contributed by atoms with Gasteiger partial charge in [-0.1, -0.05) is 69.6 Å². The van der Waals surface area contributed by atoms with Crippen LogP contribution in [0.5, 0.6) is 5.75 Å². The molecule has 9 nitrogen and oxygen atoms in total. The van der Waals surface area contributed by atoms with Crippen molar-refractivity contribution >= 4 is 27.7 Å². The molecule has 1 amide bonds. The summed E-state index contributed by atoms with van der Waals surface area (Å²) in [6, 6.07) is 26.2. The van der Waals surface area contributed by atoms with Crippen molar-refractivity contribution in [1.82, 2.24) is 5.32 Å². The lowest BCUT2D eigenvalue weighted by Crippen LogP contribution is -2.50. The first-order valence-electron chi connectivity index (χ1n) is 15.0. The Morgan fingerprint density at radius 3 is 2.50 bits per heavy atom. The molecule has 0 aliphatic carbocycles. The Bertz CT molecular complexity index is 1810. The molecule has 248 valence electrons. The maximum Gasteiger partial charge on any atom is 0.416 e. The summed E-state index contributed by atoms with van der Waals surface area (Å²) in [6.45, 7) is 0.131. The van der Waals surface area contributed by atoms with Crippen LogP contribution < -0.4 is 10.1 Å². The molecule has 0 spiro atoms. The van der Waals surface area contributed by atoms with Crippen LogP contribution in [-0.4, -0.2) is 35.7 Å². The van der Waals surface area contributed by atoms with Gasteiger partial charge in [0.15, 0.2) is 11.6 Å². The number of halogens is 4. The topological polar surface area (TPSA) is 129 Å². The van der Waals surface area contributed by atoms with Crippen LogP contribution in [0.2, 0.25) is 0 Å². The molecule has 0 radical (unpaired) electrons. The number of nitrogens with one attached hydrogen (secondary N) is 1. The van der Waals surface area contributed by atoms with Crippen LogP contribution >= 0.6 is 15.9 Å². The number of aliphatic hydroxyl groups is 1. The van der Waals surface area contributed by atoms with Crippen LogP contribution in [0.25, 0.3) is 10.4 Å². The van der Waals surface area contributed by atoms with Crippen molar-refractivity contribution in [3.8, 4) is 5.75 Å². The number of nitrogens with zero attached hydrogens (tertiary/aromatic N) is 4. The van der Waals surface area contributed by atoms with Crippen molar-refractivity contribution < 1.29 is 32.5 Å². The van der Waals surface area contributed by atoms with E-state index in [2.05, 4.69) is 31.3 Å². The van der Waals surface area contributed by atoms with Gasteiger partial charge in [-0.3, -0.25) is 4.79 Å². The number of rotatable bonds is 13. The lowest BCUT2D eigenvalue weighted by molar-refractivity contribution is -0.137. The first-order chi connectivity index (χ1) is 23.1. The smallest absolute Gasteiger partial charge is 0.416 e. The number of alkyl halides is 3. The Morgan fingerprint density at radius 2 is 1.79 bits per heavy atom. The van der Waals surface area contributed by atoms with E-state index in [-0.39, 0.29) is 37.6 Å². The van der Waals surface area contributed by atoms with Crippen LogP contribution in [0, 0.1) is 0 Å². The van der Waals surface area contributed by atoms with Gasteiger partial charge >= 0.3 is 6.18 Å². The fraction of sp³-hybridized carbons (Fsp3) is 0.257. The van der Waals surface area contributed by atoms with E-state index in [1.807, 2.05) is 24.3 Å². The Hall–Kier alpha value is -4.84. The van der Waals surface area contributed by atoms with E-state index in [1.54, 1.807) is 48.5 Å². The fourth-order valence-electron chi connectivity index (χ4n) is 5.41. The number of carbonyl (C=O) groups excluding carboxylic acids is 1. The van der Waals surface area contributed by atoms with E-state index >= 15 is 0 Å². The first kappa shape index (κ1) is 34.5. The average molecular weight is 723 g/mol. The number of azide groups is 1.